The van der Waals surface area contributed by atoms with Gasteiger partial charge < -0.3 is 4.74 Å². The van der Waals surface area contributed by atoms with Crippen LogP contribution in [0.5, 0.6) is 5.75 Å². The summed E-state index contributed by atoms with van der Waals surface area (Å²) in [5, 5.41) is 10.4. The third kappa shape index (κ3) is 4.41. The van der Waals surface area contributed by atoms with E-state index in [1.165, 1.54) is 6.21 Å². The number of carbonyl (C=O) groups excluding carboxylic acids is 2. The van der Waals surface area contributed by atoms with Gasteiger partial charge in [-0.25, -0.2) is 10.2 Å². The second-order valence-corrected chi connectivity index (χ2v) is 5.46. The molecule has 1 heterocycles. The van der Waals surface area contributed by atoms with Crippen molar-refractivity contribution in [3.63, 3.8) is 0 Å². The fourth-order valence-electron chi connectivity index (χ4n) is 2.12. The van der Waals surface area contributed by atoms with Gasteiger partial charge >= 0.3 is 5.97 Å². The number of aromatic nitrogens is 2. The molecule has 2 N–H and O–H groups in total. The highest BCUT2D eigenvalue weighted by atomic mass is 16.5. The molecule has 0 bridgehead atoms. The summed E-state index contributed by atoms with van der Waals surface area (Å²) in [5.74, 6) is -0.403. The number of H-pyrrole nitrogens is 1. The summed E-state index contributed by atoms with van der Waals surface area (Å²) >= 11 is 0. The van der Waals surface area contributed by atoms with Gasteiger partial charge in [0.2, 0.25) is 0 Å². The minimum atomic E-state index is -0.423. The molecule has 0 aliphatic rings. The van der Waals surface area contributed by atoms with Gasteiger partial charge in [-0.3, -0.25) is 9.89 Å². The SMILES string of the molecule is Cc1cc(C(=O)N/N=C\c2ccc(OC(=O)c3ccccc3)cc2)n[nH]1. The number of hydrogen-bond acceptors (Lipinski definition) is 5. The number of hydrogen-bond donors (Lipinski definition) is 2. The molecule has 0 saturated heterocycles. The van der Waals surface area contributed by atoms with Crippen LogP contribution in [-0.4, -0.2) is 28.3 Å². The highest BCUT2D eigenvalue weighted by molar-refractivity contribution is 5.93. The summed E-state index contributed by atoms with van der Waals surface area (Å²) in [7, 11) is 0. The molecular formula is C19H16N4O3. The Hall–Kier alpha value is -3.74. The van der Waals surface area contributed by atoms with Crippen LogP contribution in [0.1, 0.15) is 32.1 Å². The van der Waals surface area contributed by atoms with Crippen LogP contribution in [0.2, 0.25) is 0 Å². The molecular weight excluding hydrogens is 332 g/mol. The van der Waals surface area contributed by atoms with Gasteiger partial charge in [-0.2, -0.15) is 10.2 Å². The molecule has 7 heteroatoms. The molecule has 26 heavy (non-hydrogen) atoms. The van der Waals surface area contributed by atoms with Gasteiger partial charge in [0.15, 0.2) is 5.69 Å². The van der Waals surface area contributed by atoms with Crippen molar-refractivity contribution >= 4 is 18.1 Å². The van der Waals surface area contributed by atoms with Crippen molar-refractivity contribution in [2.75, 3.05) is 0 Å². The van der Waals surface area contributed by atoms with E-state index in [-0.39, 0.29) is 5.69 Å². The number of ether oxygens (including phenoxy) is 1. The van der Waals surface area contributed by atoms with E-state index in [0.29, 0.717) is 11.3 Å². The van der Waals surface area contributed by atoms with Crippen molar-refractivity contribution in [3.8, 4) is 5.75 Å². The number of nitrogens with one attached hydrogen (secondary N) is 2. The summed E-state index contributed by atoms with van der Waals surface area (Å²) < 4.78 is 5.29. The van der Waals surface area contributed by atoms with E-state index in [4.69, 9.17) is 4.74 Å². The van der Waals surface area contributed by atoms with Crippen molar-refractivity contribution < 1.29 is 14.3 Å². The maximum atomic E-state index is 12.0. The highest BCUT2D eigenvalue weighted by Gasteiger charge is 2.08. The molecule has 0 fully saturated rings. The average Bonchev–Trinajstić information content (AvgIpc) is 3.10. The lowest BCUT2D eigenvalue weighted by molar-refractivity contribution is 0.0734. The molecule has 3 rings (SSSR count). The zero-order chi connectivity index (χ0) is 18.4. The van der Waals surface area contributed by atoms with Crippen LogP contribution < -0.4 is 10.2 Å². The Labute approximate surface area is 149 Å². The fourth-order valence-corrected chi connectivity index (χ4v) is 2.12. The zero-order valence-corrected chi connectivity index (χ0v) is 14.0. The first-order valence-corrected chi connectivity index (χ1v) is 7.84. The minimum Gasteiger partial charge on any atom is -0.423 e. The number of carbonyl (C=O) groups is 2. The first kappa shape index (κ1) is 17.1. The van der Waals surface area contributed by atoms with Gasteiger partial charge in [0, 0.05) is 5.69 Å². The van der Waals surface area contributed by atoms with Crippen LogP contribution in [0.15, 0.2) is 65.8 Å². The average molecular weight is 348 g/mol. The molecule has 3 aromatic rings. The maximum absolute atomic E-state index is 12.0. The minimum absolute atomic E-state index is 0.267. The number of benzene rings is 2. The van der Waals surface area contributed by atoms with Crippen LogP contribution in [0.4, 0.5) is 0 Å². The first-order chi connectivity index (χ1) is 12.6. The summed E-state index contributed by atoms with van der Waals surface area (Å²) in [6.45, 7) is 1.80. The van der Waals surface area contributed by atoms with Crippen molar-refractivity contribution in [2.24, 2.45) is 5.10 Å². The molecule has 2 aromatic carbocycles. The number of nitrogens with zero attached hydrogens (tertiary/aromatic N) is 2. The Kier molecular flexibility index (Phi) is 5.19. The lowest BCUT2D eigenvalue weighted by Crippen LogP contribution is -2.18. The molecule has 7 nitrogen and oxygen atoms in total. The molecule has 0 aliphatic carbocycles. The van der Waals surface area contributed by atoms with Gasteiger partial charge in [-0.05, 0) is 55.0 Å². The van der Waals surface area contributed by atoms with Gasteiger partial charge in [0.1, 0.15) is 5.75 Å². The van der Waals surface area contributed by atoms with E-state index in [9.17, 15) is 9.59 Å². The Bertz CT molecular complexity index is 931. The predicted molar refractivity (Wildman–Crippen MR) is 96.2 cm³/mol. The second kappa shape index (κ2) is 7.89. The van der Waals surface area contributed by atoms with Gasteiger partial charge in [0.05, 0.1) is 11.8 Å². The van der Waals surface area contributed by atoms with E-state index in [1.54, 1.807) is 61.5 Å². The van der Waals surface area contributed by atoms with E-state index in [0.717, 1.165) is 11.3 Å². The van der Waals surface area contributed by atoms with Crippen molar-refractivity contribution in [1.29, 1.82) is 0 Å². The smallest absolute Gasteiger partial charge is 0.343 e. The molecule has 1 aromatic heterocycles. The van der Waals surface area contributed by atoms with E-state index < -0.39 is 11.9 Å². The highest BCUT2D eigenvalue weighted by Crippen LogP contribution is 2.13. The third-order valence-electron chi connectivity index (χ3n) is 3.42. The monoisotopic (exact) mass is 348 g/mol. The lowest BCUT2D eigenvalue weighted by atomic mass is 10.2. The second-order valence-electron chi connectivity index (χ2n) is 5.46. The Morgan fingerprint density at radius 1 is 1.12 bits per heavy atom. The Morgan fingerprint density at radius 2 is 1.85 bits per heavy atom. The number of amides is 1. The topological polar surface area (TPSA) is 96.4 Å². The van der Waals surface area contributed by atoms with Gasteiger partial charge in [0.25, 0.3) is 5.91 Å². The lowest BCUT2D eigenvalue weighted by Gasteiger charge is -2.04. The number of rotatable bonds is 5. The van der Waals surface area contributed by atoms with Crippen molar-refractivity contribution in [3.05, 3.63) is 83.2 Å². The Balaban J connectivity index is 1.56. The quantitative estimate of drug-likeness (QED) is 0.321. The molecule has 0 saturated carbocycles. The summed E-state index contributed by atoms with van der Waals surface area (Å²) in [4.78, 5) is 23.8. The standard InChI is InChI=1S/C19H16N4O3/c1-13-11-17(22-21-13)18(24)23-20-12-14-7-9-16(10-8-14)26-19(25)15-5-3-2-4-6-15/h2-12H,1H3,(H,21,22)(H,23,24)/b20-12-. The fraction of sp³-hybridized carbons (Fsp3) is 0.0526. The number of aryl methyl sites for hydroxylation is 1. The molecule has 0 unspecified atom stereocenters. The number of esters is 1. The van der Waals surface area contributed by atoms with Gasteiger partial charge in [-0.1, -0.05) is 18.2 Å². The van der Waals surface area contributed by atoms with Gasteiger partial charge in [-0.15, -0.1) is 0 Å². The molecule has 0 spiro atoms. The van der Waals surface area contributed by atoms with Crippen molar-refractivity contribution in [2.45, 2.75) is 6.92 Å². The van der Waals surface area contributed by atoms with Crippen LogP contribution in [0.25, 0.3) is 0 Å². The van der Waals surface area contributed by atoms with E-state index >= 15 is 0 Å². The van der Waals surface area contributed by atoms with Crippen LogP contribution >= 0.6 is 0 Å². The predicted octanol–water partition coefficient (Wildman–Crippen LogP) is 2.70. The van der Waals surface area contributed by atoms with Crippen LogP contribution in [-0.2, 0) is 0 Å². The maximum Gasteiger partial charge on any atom is 0.343 e. The molecule has 1 amide bonds. The number of hydrazone groups is 1. The molecule has 0 radical (unpaired) electrons. The normalized spacial score (nSPS) is 10.7. The van der Waals surface area contributed by atoms with E-state index in [2.05, 4.69) is 20.7 Å². The summed E-state index contributed by atoms with van der Waals surface area (Å²) in [6, 6.07) is 17.1. The zero-order valence-electron chi connectivity index (χ0n) is 14.0. The molecule has 130 valence electrons. The first-order valence-electron chi connectivity index (χ1n) is 7.84. The van der Waals surface area contributed by atoms with Crippen LogP contribution in [0.3, 0.4) is 0 Å². The van der Waals surface area contributed by atoms with Crippen LogP contribution in [0, 0.1) is 6.92 Å². The summed E-state index contributed by atoms with van der Waals surface area (Å²) in [5.41, 5.74) is 4.67. The van der Waals surface area contributed by atoms with E-state index in [1.807, 2.05) is 6.07 Å². The number of aromatic amines is 1. The molecule has 0 aliphatic heterocycles. The third-order valence-corrected chi connectivity index (χ3v) is 3.42. The Morgan fingerprint density at radius 3 is 2.50 bits per heavy atom. The molecule has 0 atom stereocenters. The van der Waals surface area contributed by atoms with Crippen molar-refractivity contribution in [1.82, 2.24) is 15.6 Å². The summed E-state index contributed by atoms with van der Waals surface area (Å²) in [6.07, 6.45) is 1.49. The largest absolute Gasteiger partial charge is 0.423 e.